The second kappa shape index (κ2) is 8.30. The van der Waals surface area contributed by atoms with Gasteiger partial charge < -0.3 is 10.1 Å². The molecule has 4 nitrogen and oxygen atoms in total. The molecular formula is C20H22BrNO3. The normalized spacial score (nSPS) is 12.3. The van der Waals surface area contributed by atoms with Crippen molar-refractivity contribution in [3.8, 4) is 0 Å². The highest BCUT2D eigenvalue weighted by atomic mass is 79.9. The van der Waals surface area contributed by atoms with Crippen molar-refractivity contribution in [2.45, 2.75) is 32.2 Å². The molecule has 2 rings (SSSR count). The highest BCUT2D eigenvalue weighted by molar-refractivity contribution is 9.10. The Bertz CT molecular complexity index is 726. The zero-order chi connectivity index (χ0) is 18.4. The average molecular weight is 404 g/mol. The molecule has 2 aromatic rings. The summed E-state index contributed by atoms with van der Waals surface area (Å²) in [5.74, 6) is -0.752. The zero-order valence-corrected chi connectivity index (χ0v) is 16.2. The molecule has 0 aliphatic heterocycles. The number of carbonyl (C=O) groups excluding carboxylic acids is 2. The van der Waals surface area contributed by atoms with E-state index < -0.39 is 11.4 Å². The minimum atomic E-state index is -0.807. The van der Waals surface area contributed by atoms with Gasteiger partial charge in [0.2, 0.25) is 0 Å². The fourth-order valence-corrected chi connectivity index (χ4v) is 2.67. The van der Waals surface area contributed by atoms with Crippen LogP contribution < -0.4 is 5.32 Å². The summed E-state index contributed by atoms with van der Waals surface area (Å²) in [4.78, 5) is 24.4. The molecule has 0 spiro atoms. The Balaban J connectivity index is 1.89. The molecule has 0 aliphatic carbocycles. The Morgan fingerprint density at radius 1 is 1.08 bits per heavy atom. The highest BCUT2D eigenvalue weighted by Crippen LogP contribution is 2.24. The molecule has 132 valence electrons. The predicted molar refractivity (Wildman–Crippen MR) is 101 cm³/mol. The number of ether oxygens (including phenoxy) is 1. The summed E-state index contributed by atoms with van der Waals surface area (Å²) in [7, 11) is 0. The Hall–Kier alpha value is -2.14. The number of benzene rings is 2. The minimum Gasteiger partial charge on any atom is -0.455 e. The van der Waals surface area contributed by atoms with Gasteiger partial charge in [-0.25, -0.2) is 0 Å². The van der Waals surface area contributed by atoms with Crippen molar-refractivity contribution in [2.75, 3.05) is 6.61 Å². The van der Waals surface area contributed by atoms with Gasteiger partial charge in [-0.05, 0) is 44.0 Å². The number of carbonyl (C=O) groups is 2. The van der Waals surface area contributed by atoms with Crippen molar-refractivity contribution in [3.63, 3.8) is 0 Å². The molecule has 1 amide bonds. The lowest BCUT2D eigenvalue weighted by Gasteiger charge is -2.23. The van der Waals surface area contributed by atoms with Gasteiger partial charge in [0.15, 0.2) is 6.61 Å². The maximum absolute atomic E-state index is 12.4. The second-order valence-corrected chi connectivity index (χ2v) is 7.32. The van der Waals surface area contributed by atoms with E-state index in [1.807, 2.05) is 61.5 Å². The van der Waals surface area contributed by atoms with Crippen LogP contribution in [0, 0.1) is 0 Å². The van der Waals surface area contributed by atoms with E-state index in [1.54, 1.807) is 13.8 Å². The first kappa shape index (κ1) is 19.2. The largest absolute Gasteiger partial charge is 0.455 e. The Kier molecular flexibility index (Phi) is 6.37. The van der Waals surface area contributed by atoms with Crippen molar-refractivity contribution < 1.29 is 14.3 Å². The molecule has 5 heteroatoms. The SMILES string of the molecule is C[C@@H](NC(=O)COC(=O)C(C)(C)c1ccccc1)c1ccc(Br)cc1. The zero-order valence-electron chi connectivity index (χ0n) is 14.6. The number of nitrogens with one attached hydrogen (secondary N) is 1. The van der Waals surface area contributed by atoms with Gasteiger partial charge in [-0.1, -0.05) is 58.4 Å². The molecule has 0 saturated carbocycles. The van der Waals surface area contributed by atoms with Crippen molar-refractivity contribution >= 4 is 27.8 Å². The quantitative estimate of drug-likeness (QED) is 0.737. The summed E-state index contributed by atoms with van der Waals surface area (Å²) in [6, 6.07) is 16.9. The molecule has 0 aliphatic rings. The van der Waals surface area contributed by atoms with E-state index in [4.69, 9.17) is 4.74 Å². The molecular weight excluding hydrogens is 382 g/mol. The average Bonchev–Trinajstić information content (AvgIpc) is 2.60. The molecule has 1 atom stereocenters. The van der Waals surface area contributed by atoms with E-state index in [1.165, 1.54) is 0 Å². The lowest BCUT2D eigenvalue weighted by molar-refractivity contribution is -0.153. The van der Waals surface area contributed by atoms with E-state index in [0.717, 1.165) is 15.6 Å². The summed E-state index contributed by atoms with van der Waals surface area (Å²) < 4.78 is 6.20. The number of amides is 1. The molecule has 2 aromatic carbocycles. The van der Waals surface area contributed by atoms with Gasteiger partial charge in [-0.3, -0.25) is 9.59 Å². The van der Waals surface area contributed by atoms with Crippen LogP contribution >= 0.6 is 15.9 Å². The summed E-state index contributed by atoms with van der Waals surface area (Å²) >= 11 is 3.38. The van der Waals surface area contributed by atoms with Crippen molar-refractivity contribution in [1.29, 1.82) is 0 Å². The van der Waals surface area contributed by atoms with E-state index in [2.05, 4.69) is 21.2 Å². The lowest BCUT2D eigenvalue weighted by atomic mass is 9.85. The maximum Gasteiger partial charge on any atom is 0.316 e. The van der Waals surface area contributed by atoms with Crippen LogP contribution in [0.2, 0.25) is 0 Å². The lowest BCUT2D eigenvalue weighted by Crippen LogP contribution is -2.36. The monoisotopic (exact) mass is 403 g/mol. The van der Waals surface area contributed by atoms with Gasteiger partial charge in [0.05, 0.1) is 11.5 Å². The van der Waals surface area contributed by atoms with E-state index in [0.29, 0.717) is 0 Å². The summed E-state index contributed by atoms with van der Waals surface area (Å²) in [6.45, 7) is 5.16. The number of hydrogen-bond acceptors (Lipinski definition) is 3. The smallest absolute Gasteiger partial charge is 0.316 e. The first-order valence-corrected chi connectivity index (χ1v) is 8.87. The van der Waals surface area contributed by atoms with Gasteiger partial charge in [0, 0.05) is 4.47 Å². The third kappa shape index (κ3) is 5.16. The van der Waals surface area contributed by atoms with Gasteiger partial charge in [-0.15, -0.1) is 0 Å². The van der Waals surface area contributed by atoms with Gasteiger partial charge in [0.1, 0.15) is 0 Å². The van der Waals surface area contributed by atoms with Crippen molar-refractivity contribution in [2.24, 2.45) is 0 Å². The molecule has 0 unspecified atom stereocenters. The van der Waals surface area contributed by atoms with Crippen LogP contribution in [-0.4, -0.2) is 18.5 Å². The van der Waals surface area contributed by atoms with Crippen LogP contribution in [0.4, 0.5) is 0 Å². The van der Waals surface area contributed by atoms with Crippen LogP contribution in [0.3, 0.4) is 0 Å². The van der Waals surface area contributed by atoms with Gasteiger partial charge >= 0.3 is 5.97 Å². The number of halogens is 1. The fraction of sp³-hybridized carbons (Fsp3) is 0.300. The van der Waals surface area contributed by atoms with Crippen molar-refractivity contribution in [1.82, 2.24) is 5.32 Å². The predicted octanol–water partition coefficient (Wildman–Crippen LogP) is 4.15. The molecule has 0 heterocycles. The second-order valence-electron chi connectivity index (χ2n) is 6.41. The van der Waals surface area contributed by atoms with Crippen LogP contribution in [0.1, 0.15) is 37.9 Å². The van der Waals surface area contributed by atoms with E-state index in [-0.39, 0.29) is 18.6 Å². The third-order valence-electron chi connectivity index (χ3n) is 4.09. The van der Waals surface area contributed by atoms with Crippen LogP contribution in [0.25, 0.3) is 0 Å². The third-order valence-corrected chi connectivity index (χ3v) is 4.62. The van der Waals surface area contributed by atoms with E-state index >= 15 is 0 Å². The molecule has 25 heavy (non-hydrogen) atoms. The number of esters is 1. The first-order chi connectivity index (χ1) is 11.8. The standard InChI is InChI=1S/C20H22BrNO3/c1-14(15-9-11-17(21)12-10-15)22-18(23)13-25-19(24)20(2,3)16-7-5-4-6-8-16/h4-12,14H,13H2,1-3H3,(H,22,23)/t14-/m1/s1. The molecule has 1 N–H and O–H groups in total. The molecule has 0 bridgehead atoms. The van der Waals surface area contributed by atoms with Gasteiger partial charge in [0.25, 0.3) is 5.91 Å². The number of rotatable bonds is 6. The Morgan fingerprint density at radius 2 is 1.68 bits per heavy atom. The van der Waals surface area contributed by atoms with Gasteiger partial charge in [-0.2, -0.15) is 0 Å². The molecule has 0 fully saturated rings. The summed E-state index contributed by atoms with van der Waals surface area (Å²) in [5, 5.41) is 2.83. The molecule has 0 aromatic heterocycles. The first-order valence-electron chi connectivity index (χ1n) is 8.08. The minimum absolute atomic E-state index is 0.165. The van der Waals surface area contributed by atoms with Crippen LogP contribution in [0.5, 0.6) is 0 Å². The topological polar surface area (TPSA) is 55.4 Å². The summed E-state index contributed by atoms with van der Waals surface area (Å²) in [5.41, 5.74) is 1.02. The molecule has 0 radical (unpaired) electrons. The fourth-order valence-electron chi connectivity index (χ4n) is 2.40. The highest BCUT2D eigenvalue weighted by Gasteiger charge is 2.31. The van der Waals surface area contributed by atoms with Crippen LogP contribution in [-0.2, 0) is 19.7 Å². The van der Waals surface area contributed by atoms with Crippen molar-refractivity contribution in [3.05, 3.63) is 70.2 Å². The summed E-state index contributed by atoms with van der Waals surface area (Å²) in [6.07, 6.45) is 0. The van der Waals surface area contributed by atoms with E-state index in [9.17, 15) is 9.59 Å². The Labute approximate surface area is 156 Å². The van der Waals surface area contributed by atoms with Crippen LogP contribution in [0.15, 0.2) is 59.1 Å². The number of hydrogen-bond donors (Lipinski definition) is 1. The Morgan fingerprint density at radius 3 is 2.28 bits per heavy atom. The molecule has 0 saturated heterocycles. The maximum atomic E-state index is 12.4.